The first-order valence-corrected chi connectivity index (χ1v) is 9.75. The molecule has 1 amide bonds. The molecule has 0 aromatic heterocycles. The number of hydrogen-bond acceptors (Lipinski definition) is 7. The monoisotopic (exact) mass is 397 g/mol. The molecule has 1 aromatic rings. The molecule has 5 N–H and O–H groups in total. The quantitative estimate of drug-likeness (QED) is 0.325. The van der Waals surface area contributed by atoms with Crippen molar-refractivity contribution in [1.29, 1.82) is 0 Å². The Morgan fingerprint density at radius 2 is 1.79 bits per heavy atom. The van der Waals surface area contributed by atoms with Crippen molar-refractivity contribution in [3.63, 3.8) is 0 Å². The summed E-state index contributed by atoms with van der Waals surface area (Å²) in [6, 6.07) is 10.2. The van der Waals surface area contributed by atoms with Gasteiger partial charge >= 0.3 is 0 Å². The maximum absolute atomic E-state index is 11.8. The first kappa shape index (κ1) is 22.7. The Hall–Kier alpha value is -1.55. The Labute approximate surface area is 165 Å². The molecule has 5 atom stereocenters. The number of ether oxygens (including phenoxy) is 2. The number of carbonyl (C=O) groups excluding carboxylic acids is 1. The van der Waals surface area contributed by atoms with Crippen LogP contribution in [-0.2, 0) is 20.7 Å². The fraction of sp³-hybridized carbons (Fsp3) is 0.650. The normalized spacial score (nSPS) is 27.5. The van der Waals surface area contributed by atoms with E-state index in [2.05, 4.69) is 17.4 Å². The number of hydrogen-bond donors (Lipinski definition) is 5. The van der Waals surface area contributed by atoms with E-state index in [1.807, 2.05) is 18.2 Å². The molecule has 0 aliphatic carbocycles. The van der Waals surface area contributed by atoms with Crippen LogP contribution in [0.3, 0.4) is 0 Å². The van der Waals surface area contributed by atoms with Crippen LogP contribution in [0.1, 0.15) is 31.2 Å². The van der Waals surface area contributed by atoms with Crippen LogP contribution in [0.2, 0.25) is 0 Å². The largest absolute Gasteiger partial charge is 0.394 e. The molecule has 28 heavy (non-hydrogen) atoms. The Morgan fingerprint density at radius 3 is 2.50 bits per heavy atom. The van der Waals surface area contributed by atoms with Crippen LogP contribution in [0.5, 0.6) is 0 Å². The summed E-state index contributed by atoms with van der Waals surface area (Å²) in [6.45, 7) is -0.202. The highest BCUT2D eigenvalue weighted by Gasteiger charge is 2.43. The van der Waals surface area contributed by atoms with Gasteiger partial charge in [-0.2, -0.15) is 0 Å². The molecule has 158 valence electrons. The van der Waals surface area contributed by atoms with Crippen molar-refractivity contribution < 1.29 is 34.7 Å². The van der Waals surface area contributed by atoms with Crippen molar-refractivity contribution in [1.82, 2.24) is 5.32 Å². The van der Waals surface area contributed by atoms with Gasteiger partial charge in [0.2, 0.25) is 5.91 Å². The van der Waals surface area contributed by atoms with Crippen LogP contribution in [0.25, 0.3) is 0 Å². The molecular formula is C20H31NO7. The molecule has 1 heterocycles. The zero-order valence-electron chi connectivity index (χ0n) is 15.9. The number of rotatable bonds is 11. The van der Waals surface area contributed by atoms with E-state index >= 15 is 0 Å². The highest BCUT2D eigenvalue weighted by Crippen LogP contribution is 2.21. The second-order valence-electron chi connectivity index (χ2n) is 6.96. The highest BCUT2D eigenvalue weighted by atomic mass is 16.7. The minimum atomic E-state index is -1.47. The molecule has 0 saturated carbocycles. The standard InChI is InChI=1S/C20H31NO7/c22-13-15-17(24)18(25)19(26)20(28-15)27-12-11-21-16(23)10-6-2-5-9-14-7-3-1-4-8-14/h1,3-4,7-8,15,17-20,22,24-26H,2,5-6,9-13H2,(H,21,23)/t15-,17+,18+,19-,20+/m1/s1. The molecule has 1 aromatic carbocycles. The number of amides is 1. The van der Waals surface area contributed by atoms with E-state index < -0.39 is 37.3 Å². The first-order valence-electron chi connectivity index (χ1n) is 9.75. The molecule has 0 spiro atoms. The van der Waals surface area contributed by atoms with Gasteiger partial charge in [-0.1, -0.05) is 36.8 Å². The van der Waals surface area contributed by atoms with Crippen molar-refractivity contribution in [3.8, 4) is 0 Å². The van der Waals surface area contributed by atoms with Gasteiger partial charge in [-0.15, -0.1) is 0 Å². The lowest BCUT2D eigenvalue weighted by Crippen LogP contribution is -2.59. The second-order valence-corrected chi connectivity index (χ2v) is 6.96. The molecule has 0 radical (unpaired) electrons. The van der Waals surface area contributed by atoms with E-state index in [1.165, 1.54) is 5.56 Å². The summed E-state index contributed by atoms with van der Waals surface area (Å²) in [5.41, 5.74) is 1.30. The van der Waals surface area contributed by atoms with Gasteiger partial charge in [0.15, 0.2) is 6.29 Å². The molecule has 0 bridgehead atoms. The molecule has 2 rings (SSSR count). The van der Waals surface area contributed by atoms with E-state index in [4.69, 9.17) is 14.6 Å². The lowest BCUT2D eigenvalue weighted by atomic mass is 9.99. The van der Waals surface area contributed by atoms with Crippen molar-refractivity contribution in [2.45, 2.75) is 62.8 Å². The van der Waals surface area contributed by atoms with Crippen LogP contribution >= 0.6 is 0 Å². The molecule has 1 fully saturated rings. The van der Waals surface area contributed by atoms with E-state index in [0.29, 0.717) is 6.42 Å². The molecule has 1 aliphatic rings. The number of aliphatic hydroxyl groups excluding tert-OH is 4. The predicted octanol–water partition coefficient (Wildman–Crippen LogP) is -0.278. The molecule has 1 aliphatic heterocycles. The molecule has 8 nitrogen and oxygen atoms in total. The Bertz CT molecular complexity index is 569. The smallest absolute Gasteiger partial charge is 0.220 e. The third kappa shape index (κ3) is 7.12. The third-order valence-corrected chi connectivity index (χ3v) is 4.77. The number of aryl methyl sites for hydroxylation is 1. The van der Waals surface area contributed by atoms with Gasteiger partial charge in [0.1, 0.15) is 24.4 Å². The Kier molecular flexibility index (Phi) is 9.83. The Balaban J connectivity index is 1.53. The summed E-state index contributed by atoms with van der Waals surface area (Å²) in [5.74, 6) is -0.0721. The van der Waals surface area contributed by atoms with E-state index in [9.17, 15) is 20.1 Å². The minimum Gasteiger partial charge on any atom is -0.394 e. The molecular weight excluding hydrogens is 366 g/mol. The van der Waals surface area contributed by atoms with Crippen molar-refractivity contribution in [3.05, 3.63) is 35.9 Å². The maximum atomic E-state index is 11.8. The van der Waals surface area contributed by atoms with Gasteiger partial charge in [-0.05, 0) is 24.8 Å². The van der Waals surface area contributed by atoms with Crippen LogP contribution in [0.4, 0.5) is 0 Å². The summed E-state index contributed by atoms with van der Waals surface area (Å²) in [4.78, 5) is 11.8. The predicted molar refractivity (Wildman–Crippen MR) is 101 cm³/mol. The summed E-state index contributed by atoms with van der Waals surface area (Å²) < 4.78 is 10.5. The van der Waals surface area contributed by atoms with Gasteiger partial charge in [0.25, 0.3) is 0 Å². The lowest BCUT2D eigenvalue weighted by molar-refractivity contribution is -0.300. The topological polar surface area (TPSA) is 128 Å². The summed E-state index contributed by atoms with van der Waals surface area (Å²) in [5, 5.41) is 41.1. The average Bonchev–Trinajstić information content (AvgIpc) is 2.71. The SMILES string of the molecule is O=C(CCCCCc1ccccc1)NCCO[C@H]1O[C@H](CO)[C@H](O)[C@H](O)[C@H]1O. The van der Waals surface area contributed by atoms with Crippen LogP contribution in [0, 0.1) is 0 Å². The van der Waals surface area contributed by atoms with Gasteiger partial charge in [0, 0.05) is 13.0 Å². The maximum Gasteiger partial charge on any atom is 0.220 e. The first-order chi connectivity index (χ1) is 13.5. The van der Waals surface area contributed by atoms with E-state index in [1.54, 1.807) is 0 Å². The van der Waals surface area contributed by atoms with Gasteiger partial charge in [-0.25, -0.2) is 0 Å². The van der Waals surface area contributed by atoms with Crippen LogP contribution < -0.4 is 5.32 Å². The summed E-state index contributed by atoms with van der Waals surface area (Å²) in [6.07, 6.45) is -2.22. The van der Waals surface area contributed by atoms with Crippen molar-refractivity contribution in [2.24, 2.45) is 0 Å². The fourth-order valence-electron chi connectivity index (χ4n) is 3.10. The number of carbonyl (C=O) groups is 1. The molecule has 8 heteroatoms. The highest BCUT2D eigenvalue weighted by molar-refractivity contribution is 5.75. The summed E-state index contributed by atoms with van der Waals surface area (Å²) in [7, 11) is 0. The Morgan fingerprint density at radius 1 is 1.04 bits per heavy atom. The average molecular weight is 397 g/mol. The van der Waals surface area contributed by atoms with Crippen molar-refractivity contribution >= 4 is 5.91 Å². The second kappa shape index (κ2) is 12.1. The zero-order valence-corrected chi connectivity index (χ0v) is 15.9. The van der Waals surface area contributed by atoms with Crippen LogP contribution in [-0.4, -0.2) is 76.8 Å². The third-order valence-electron chi connectivity index (χ3n) is 4.77. The lowest BCUT2D eigenvalue weighted by Gasteiger charge is -2.39. The van der Waals surface area contributed by atoms with E-state index in [-0.39, 0.29) is 19.1 Å². The summed E-state index contributed by atoms with van der Waals surface area (Å²) >= 11 is 0. The fourth-order valence-corrected chi connectivity index (χ4v) is 3.10. The molecule has 0 unspecified atom stereocenters. The van der Waals surface area contributed by atoms with E-state index in [0.717, 1.165) is 25.7 Å². The van der Waals surface area contributed by atoms with Crippen LogP contribution in [0.15, 0.2) is 30.3 Å². The zero-order chi connectivity index (χ0) is 20.4. The number of benzene rings is 1. The number of nitrogens with one attached hydrogen (secondary N) is 1. The van der Waals surface area contributed by atoms with Gasteiger partial charge in [-0.3, -0.25) is 4.79 Å². The van der Waals surface area contributed by atoms with Gasteiger partial charge in [0.05, 0.1) is 13.2 Å². The minimum absolute atomic E-state index is 0.0719. The van der Waals surface area contributed by atoms with Crippen molar-refractivity contribution in [2.75, 3.05) is 19.8 Å². The number of unbranched alkanes of at least 4 members (excludes halogenated alkanes) is 2. The molecule has 1 saturated heterocycles. The number of aliphatic hydroxyl groups is 4. The van der Waals surface area contributed by atoms with Gasteiger partial charge < -0.3 is 35.2 Å².